The standard InChI is InChI=1S/C15H24BrNO3/c1-15(2,3)13(9-18)17(4)8-10-6-11(16)14(19)12(7-10)20-5/h6-7,13,18-19H,8-9H2,1-5H3. The molecule has 4 nitrogen and oxygen atoms in total. The van der Waals surface area contributed by atoms with Crippen LogP contribution >= 0.6 is 15.9 Å². The molecule has 0 radical (unpaired) electrons. The van der Waals surface area contributed by atoms with Crippen LogP contribution in [-0.2, 0) is 6.54 Å². The van der Waals surface area contributed by atoms with Crippen LogP contribution in [0.25, 0.3) is 0 Å². The second-order valence-corrected chi connectivity index (χ2v) is 6.96. The Balaban J connectivity index is 2.95. The fourth-order valence-electron chi connectivity index (χ4n) is 2.35. The van der Waals surface area contributed by atoms with E-state index in [9.17, 15) is 10.2 Å². The van der Waals surface area contributed by atoms with Gasteiger partial charge in [-0.2, -0.15) is 0 Å². The van der Waals surface area contributed by atoms with E-state index in [1.165, 1.54) is 7.11 Å². The lowest BCUT2D eigenvalue weighted by molar-refractivity contribution is 0.0613. The Labute approximate surface area is 129 Å². The maximum absolute atomic E-state index is 9.82. The van der Waals surface area contributed by atoms with Crippen LogP contribution in [0.15, 0.2) is 16.6 Å². The maximum atomic E-state index is 9.82. The first kappa shape index (κ1) is 17.3. The van der Waals surface area contributed by atoms with Crippen LogP contribution in [-0.4, -0.2) is 41.9 Å². The maximum Gasteiger partial charge on any atom is 0.172 e. The fourth-order valence-corrected chi connectivity index (χ4v) is 2.84. The van der Waals surface area contributed by atoms with E-state index in [0.717, 1.165) is 5.56 Å². The third kappa shape index (κ3) is 4.11. The van der Waals surface area contributed by atoms with Crippen molar-refractivity contribution in [3.05, 3.63) is 22.2 Å². The van der Waals surface area contributed by atoms with Crippen molar-refractivity contribution in [2.75, 3.05) is 20.8 Å². The van der Waals surface area contributed by atoms with Gasteiger partial charge in [0, 0.05) is 12.6 Å². The van der Waals surface area contributed by atoms with Gasteiger partial charge >= 0.3 is 0 Å². The van der Waals surface area contributed by atoms with Crippen LogP contribution in [0.4, 0.5) is 0 Å². The summed E-state index contributed by atoms with van der Waals surface area (Å²) in [5.41, 5.74) is 0.999. The summed E-state index contributed by atoms with van der Waals surface area (Å²) in [5.74, 6) is 0.549. The van der Waals surface area contributed by atoms with E-state index in [2.05, 4.69) is 41.6 Å². The molecule has 0 spiro atoms. The lowest BCUT2D eigenvalue weighted by Gasteiger charge is -2.36. The molecular formula is C15H24BrNO3. The van der Waals surface area contributed by atoms with Crippen LogP contribution in [0.2, 0.25) is 0 Å². The van der Waals surface area contributed by atoms with Gasteiger partial charge in [-0.3, -0.25) is 4.90 Å². The second-order valence-electron chi connectivity index (χ2n) is 6.11. The van der Waals surface area contributed by atoms with E-state index in [0.29, 0.717) is 16.8 Å². The van der Waals surface area contributed by atoms with E-state index in [1.807, 2.05) is 19.2 Å². The average molecular weight is 346 g/mol. The van der Waals surface area contributed by atoms with Crippen molar-refractivity contribution >= 4 is 15.9 Å². The van der Waals surface area contributed by atoms with Crippen molar-refractivity contribution in [1.29, 1.82) is 0 Å². The van der Waals surface area contributed by atoms with Crippen LogP contribution in [0.3, 0.4) is 0 Å². The van der Waals surface area contributed by atoms with Gasteiger partial charge in [0.15, 0.2) is 11.5 Å². The molecule has 2 N–H and O–H groups in total. The lowest BCUT2D eigenvalue weighted by Crippen LogP contribution is -2.43. The van der Waals surface area contributed by atoms with E-state index in [4.69, 9.17) is 4.74 Å². The van der Waals surface area contributed by atoms with E-state index >= 15 is 0 Å². The zero-order valence-electron chi connectivity index (χ0n) is 12.8. The molecule has 0 aliphatic carbocycles. The van der Waals surface area contributed by atoms with Crippen LogP contribution in [0, 0.1) is 5.41 Å². The highest BCUT2D eigenvalue weighted by atomic mass is 79.9. The molecule has 20 heavy (non-hydrogen) atoms. The summed E-state index contributed by atoms with van der Waals surface area (Å²) in [7, 11) is 3.51. The van der Waals surface area contributed by atoms with Gasteiger partial charge in [-0.15, -0.1) is 0 Å². The van der Waals surface area contributed by atoms with Gasteiger partial charge in [-0.1, -0.05) is 20.8 Å². The van der Waals surface area contributed by atoms with Gasteiger partial charge in [-0.05, 0) is 46.1 Å². The minimum atomic E-state index is -0.0122. The number of hydrogen-bond donors (Lipinski definition) is 2. The summed E-state index contributed by atoms with van der Waals surface area (Å²) in [5, 5.41) is 19.4. The summed E-state index contributed by atoms with van der Waals surface area (Å²) in [4.78, 5) is 2.11. The Hall–Kier alpha value is -0.780. The molecule has 0 heterocycles. The first-order valence-corrected chi connectivity index (χ1v) is 7.36. The first-order chi connectivity index (χ1) is 9.20. The molecule has 1 aromatic carbocycles. The molecule has 0 aliphatic heterocycles. The Morgan fingerprint density at radius 1 is 1.35 bits per heavy atom. The minimum Gasteiger partial charge on any atom is -0.503 e. The fraction of sp³-hybridized carbons (Fsp3) is 0.600. The molecule has 0 saturated heterocycles. The average Bonchev–Trinajstić information content (AvgIpc) is 2.32. The number of nitrogens with zero attached hydrogens (tertiary/aromatic N) is 1. The van der Waals surface area contributed by atoms with Gasteiger partial charge in [0.05, 0.1) is 18.2 Å². The number of aliphatic hydroxyl groups is 1. The molecule has 114 valence electrons. The number of halogens is 1. The number of ether oxygens (including phenoxy) is 1. The third-order valence-corrected chi connectivity index (χ3v) is 4.05. The molecule has 0 amide bonds. The van der Waals surface area contributed by atoms with Crippen molar-refractivity contribution in [3.8, 4) is 11.5 Å². The van der Waals surface area contributed by atoms with Gasteiger partial charge in [0.25, 0.3) is 0 Å². The predicted molar refractivity (Wildman–Crippen MR) is 84.2 cm³/mol. The number of phenolic OH excluding ortho intramolecular Hbond substituents is 1. The van der Waals surface area contributed by atoms with Crippen molar-refractivity contribution < 1.29 is 14.9 Å². The molecule has 0 bridgehead atoms. The molecule has 1 unspecified atom stereocenters. The predicted octanol–water partition coefficient (Wildman–Crippen LogP) is 3.00. The minimum absolute atomic E-state index is 0.0122. The zero-order valence-corrected chi connectivity index (χ0v) is 14.4. The number of hydrogen-bond acceptors (Lipinski definition) is 4. The highest BCUT2D eigenvalue weighted by molar-refractivity contribution is 9.10. The molecule has 1 atom stereocenters. The highest BCUT2D eigenvalue weighted by Gasteiger charge is 2.27. The van der Waals surface area contributed by atoms with E-state index in [-0.39, 0.29) is 23.8 Å². The van der Waals surface area contributed by atoms with Crippen LogP contribution < -0.4 is 4.74 Å². The van der Waals surface area contributed by atoms with E-state index in [1.54, 1.807) is 0 Å². The molecule has 0 aromatic heterocycles. The van der Waals surface area contributed by atoms with Crippen molar-refractivity contribution in [2.45, 2.75) is 33.4 Å². The molecule has 1 aromatic rings. The van der Waals surface area contributed by atoms with Crippen molar-refractivity contribution in [2.24, 2.45) is 5.41 Å². The summed E-state index contributed by atoms with van der Waals surface area (Å²) in [6, 6.07) is 3.74. The Morgan fingerprint density at radius 2 is 1.95 bits per heavy atom. The monoisotopic (exact) mass is 345 g/mol. The van der Waals surface area contributed by atoms with Gasteiger partial charge in [0.2, 0.25) is 0 Å². The summed E-state index contributed by atoms with van der Waals surface area (Å²) in [6.45, 7) is 7.10. The Bertz CT molecular complexity index is 457. The normalized spacial score (nSPS) is 13.6. The number of phenols is 1. The Kier molecular flexibility index (Phi) is 5.86. The first-order valence-electron chi connectivity index (χ1n) is 6.57. The SMILES string of the molecule is COc1cc(CN(C)C(CO)C(C)(C)C)cc(Br)c1O. The van der Waals surface area contributed by atoms with Crippen LogP contribution in [0.1, 0.15) is 26.3 Å². The van der Waals surface area contributed by atoms with Gasteiger partial charge in [0.1, 0.15) is 0 Å². The highest BCUT2D eigenvalue weighted by Crippen LogP contribution is 2.36. The largest absolute Gasteiger partial charge is 0.503 e. The number of aromatic hydroxyl groups is 1. The zero-order chi connectivity index (χ0) is 15.5. The molecular weight excluding hydrogens is 322 g/mol. The molecule has 0 aliphatic rings. The third-order valence-electron chi connectivity index (χ3n) is 3.44. The molecule has 1 rings (SSSR count). The number of benzene rings is 1. The molecule has 5 heteroatoms. The van der Waals surface area contributed by atoms with E-state index < -0.39 is 0 Å². The van der Waals surface area contributed by atoms with Gasteiger partial charge < -0.3 is 14.9 Å². The van der Waals surface area contributed by atoms with Crippen LogP contribution in [0.5, 0.6) is 11.5 Å². The van der Waals surface area contributed by atoms with Crippen molar-refractivity contribution in [1.82, 2.24) is 4.90 Å². The van der Waals surface area contributed by atoms with Crippen molar-refractivity contribution in [3.63, 3.8) is 0 Å². The second kappa shape index (κ2) is 6.78. The number of aliphatic hydroxyl groups excluding tert-OH is 1. The summed E-state index contributed by atoms with van der Waals surface area (Å²) in [6.07, 6.45) is 0. The number of methoxy groups -OCH3 is 1. The number of likely N-dealkylation sites (N-methyl/N-ethyl adjacent to an activating group) is 1. The summed E-state index contributed by atoms with van der Waals surface area (Å²) < 4.78 is 5.76. The number of rotatable bonds is 5. The summed E-state index contributed by atoms with van der Waals surface area (Å²) >= 11 is 3.32. The molecule has 0 saturated carbocycles. The Morgan fingerprint density at radius 3 is 2.40 bits per heavy atom. The quantitative estimate of drug-likeness (QED) is 0.861. The van der Waals surface area contributed by atoms with Gasteiger partial charge in [-0.25, -0.2) is 0 Å². The smallest absolute Gasteiger partial charge is 0.172 e. The topological polar surface area (TPSA) is 52.9 Å². The molecule has 0 fully saturated rings. The lowest BCUT2D eigenvalue weighted by atomic mass is 9.86.